The Kier molecular flexibility index (Phi) is 3.68. The van der Waals surface area contributed by atoms with E-state index in [1.54, 1.807) is 6.07 Å². The van der Waals surface area contributed by atoms with Crippen molar-refractivity contribution in [1.82, 2.24) is 10.2 Å². The van der Waals surface area contributed by atoms with E-state index in [0.29, 0.717) is 24.0 Å². The van der Waals surface area contributed by atoms with E-state index < -0.39 is 0 Å². The average molecular weight is 315 g/mol. The van der Waals surface area contributed by atoms with Crippen molar-refractivity contribution in [2.24, 2.45) is 17.8 Å². The van der Waals surface area contributed by atoms with Crippen LogP contribution in [0.3, 0.4) is 0 Å². The summed E-state index contributed by atoms with van der Waals surface area (Å²) in [7, 11) is 2.21. The number of nitrogens with one attached hydrogen (secondary N) is 1. The van der Waals surface area contributed by atoms with Gasteiger partial charge in [0.05, 0.1) is 12.3 Å². The van der Waals surface area contributed by atoms with Crippen molar-refractivity contribution in [3.8, 4) is 5.75 Å². The maximum atomic E-state index is 12.6. The van der Waals surface area contributed by atoms with Gasteiger partial charge < -0.3 is 20.7 Å². The molecule has 5 nitrogen and oxygen atoms in total. The summed E-state index contributed by atoms with van der Waals surface area (Å²) in [5, 5.41) is 3.14. The van der Waals surface area contributed by atoms with E-state index in [-0.39, 0.29) is 5.91 Å². The summed E-state index contributed by atoms with van der Waals surface area (Å²) in [5.74, 6) is 3.00. The molecule has 1 aromatic carbocycles. The van der Waals surface area contributed by atoms with E-state index in [4.69, 9.17) is 10.5 Å². The average Bonchev–Trinajstić information content (AvgIpc) is 3.19. The molecule has 1 aromatic rings. The summed E-state index contributed by atoms with van der Waals surface area (Å²) in [5.41, 5.74) is 8.24. The van der Waals surface area contributed by atoms with Gasteiger partial charge in [-0.1, -0.05) is 0 Å². The van der Waals surface area contributed by atoms with Crippen molar-refractivity contribution in [1.29, 1.82) is 0 Å². The summed E-state index contributed by atoms with van der Waals surface area (Å²) in [6.07, 6.45) is 3.26. The number of anilines is 1. The second-order valence-corrected chi connectivity index (χ2v) is 7.40. The fourth-order valence-corrected chi connectivity index (χ4v) is 4.69. The first-order valence-electron chi connectivity index (χ1n) is 8.62. The van der Waals surface area contributed by atoms with Crippen molar-refractivity contribution in [3.63, 3.8) is 0 Å². The van der Waals surface area contributed by atoms with Gasteiger partial charge in [0.1, 0.15) is 5.75 Å². The standard InChI is InChI=1S/C18H25N3O2/c1-21-9-12-6-11(7-13(12)10-21)8-20-18(22)15-2-3-16(19)17-14(15)4-5-23-17/h2-3,11-13H,4-10,19H2,1H3,(H,20,22). The summed E-state index contributed by atoms with van der Waals surface area (Å²) >= 11 is 0. The Labute approximate surface area is 137 Å². The summed E-state index contributed by atoms with van der Waals surface area (Å²) in [4.78, 5) is 15.0. The highest BCUT2D eigenvalue weighted by Gasteiger charge is 2.39. The molecular formula is C18H25N3O2. The molecule has 2 fully saturated rings. The molecule has 0 spiro atoms. The van der Waals surface area contributed by atoms with Crippen molar-refractivity contribution >= 4 is 11.6 Å². The van der Waals surface area contributed by atoms with Gasteiger partial charge in [-0.15, -0.1) is 0 Å². The molecule has 23 heavy (non-hydrogen) atoms. The molecule has 0 aromatic heterocycles. The van der Waals surface area contributed by atoms with Crippen LogP contribution in [0.5, 0.6) is 5.75 Å². The number of likely N-dealkylation sites (tertiary alicyclic amines) is 1. The number of nitrogen functional groups attached to an aromatic ring is 1. The molecule has 2 heterocycles. The highest BCUT2D eigenvalue weighted by Crippen LogP contribution is 2.40. The van der Waals surface area contributed by atoms with E-state index in [1.165, 1.54) is 25.9 Å². The Morgan fingerprint density at radius 1 is 1.35 bits per heavy atom. The SMILES string of the molecule is CN1CC2CC(CNC(=O)c3ccc(N)c4c3CCO4)CC2C1. The van der Waals surface area contributed by atoms with Crippen LogP contribution >= 0.6 is 0 Å². The lowest BCUT2D eigenvalue weighted by Crippen LogP contribution is -2.30. The maximum Gasteiger partial charge on any atom is 0.251 e. The first kappa shape index (κ1) is 14.8. The highest BCUT2D eigenvalue weighted by atomic mass is 16.5. The lowest BCUT2D eigenvalue weighted by atomic mass is 10.0. The van der Waals surface area contributed by atoms with Crippen molar-refractivity contribution in [2.45, 2.75) is 19.3 Å². The molecule has 5 heteroatoms. The third kappa shape index (κ3) is 2.67. The van der Waals surface area contributed by atoms with Gasteiger partial charge >= 0.3 is 0 Å². The monoisotopic (exact) mass is 315 g/mol. The highest BCUT2D eigenvalue weighted by molar-refractivity contribution is 5.97. The Bertz CT molecular complexity index is 617. The molecule has 1 saturated heterocycles. The van der Waals surface area contributed by atoms with Gasteiger partial charge in [0.15, 0.2) is 0 Å². The van der Waals surface area contributed by atoms with E-state index >= 15 is 0 Å². The van der Waals surface area contributed by atoms with Crippen LogP contribution in [0.1, 0.15) is 28.8 Å². The number of hydrogen-bond donors (Lipinski definition) is 2. The number of amides is 1. The minimum absolute atomic E-state index is 0.0147. The molecule has 2 atom stereocenters. The van der Waals surface area contributed by atoms with Gasteiger partial charge in [0.25, 0.3) is 5.91 Å². The quantitative estimate of drug-likeness (QED) is 0.830. The minimum atomic E-state index is 0.0147. The summed E-state index contributed by atoms with van der Waals surface area (Å²) in [6.45, 7) is 3.84. The van der Waals surface area contributed by atoms with Crippen LogP contribution in [-0.2, 0) is 6.42 Å². The number of hydrogen-bond acceptors (Lipinski definition) is 4. The molecule has 1 aliphatic carbocycles. The van der Waals surface area contributed by atoms with Gasteiger partial charge in [-0.25, -0.2) is 0 Å². The predicted octanol–water partition coefficient (Wildman–Crippen LogP) is 1.52. The fourth-order valence-electron chi connectivity index (χ4n) is 4.69. The van der Waals surface area contributed by atoms with Gasteiger partial charge in [-0.3, -0.25) is 4.79 Å². The molecule has 1 saturated carbocycles. The molecule has 1 amide bonds. The first-order chi connectivity index (χ1) is 11.1. The second kappa shape index (κ2) is 5.71. The number of carbonyl (C=O) groups is 1. The smallest absolute Gasteiger partial charge is 0.251 e. The Morgan fingerprint density at radius 3 is 2.83 bits per heavy atom. The van der Waals surface area contributed by atoms with Crippen LogP contribution in [0.25, 0.3) is 0 Å². The Morgan fingerprint density at radius 2 is 2.09 bits per heavy atom. The zero-order valence-electron chi connectivity index (χ0n) is 13.7. The van der Waals surface area contributed by atoms with E-state index in [0.717, 1.165) is 35.9 Å². The molecule has 3 N–H and O–H groups in total. The van der Waals surface area contributed by atoms with Crippen LogP contribution < -0.4 is 15.8 Å². The van der Waals surface area contributed by atoms with Crippen LogP contribution in [0, 0.1) is 17.8 Å². The van der Waals surface area contributed by atoms with Crippen LogP contribution in [0.4, 0.5) is 5.69 Å². The Balaban J connectivity index is 1.38. The molecule has 0 bridgehead atoms. The number of rotatable bonds is 3. The van der Waals surface area contributed by atoms with Crippen LogP contribution in [0.2, 0.25) is 0 Å². The molecule has 0 radical (unpaired) electrons. The van der Waals surface area contributed by atoms with E-state index in [2.05, 4.69) is 17.3 Å². The normalized spacial score (nSPS) is 29.2. The minimum Gasteiger partial charge on any atom is -0.491 e. The maximum absolute atomic E-state index is 12.6. The summed E-state index contributed by atoms with van der Waals surface area (Å²) < 4.78 is 5.55. The van der Waals surface area contributed by atoms with Crippen LogP contribution in [-0.4, -0.2) is 44.1 Å². The number of fused-ring (bicyclic) bond motifs is 2. The first-order valence-corrected chi connectivity index (χ1v) is 8.62. The third-order valence-electron chi connectivity index (χ3n) is 5.72. The largest absolute Gasteiger partial charge is 0.491 e. The topological polar surface area (TPSA) is 67.6 Å². The van der Waals surface area contributed by atoms with Crippen LogP contribution in [0.15, 0.2) is 12.1 Å². The lowest BCUT2D eigenvalue weighted by Gasteiger charge is -2.16. The van der Waals surface area contributed by atoms with Gasteiger partial charge in [0.2, 0.25) is 0 Å². The van der Waals surface area contributed by atoms with Crippen molar-refractivity contribution in [2.75, 3.05) is 39.0 Å². The number of nitrogens with two attached hydrogens (primary N) is 1. The molecule has 2 aliphatic heterocycles. The van der Waals surface area contributed by atoms with Gasteiger partial charge in [-0.05, 0) is 49.8 Å². The van der Waals surface area contributed by atoms with Crippen molar-refractivity contribution in [3.05, 3.63) is 23.3 Å². The second-order valence-electron chi connectivity index (χ2n) is 7.40. The molecule has 4 rings (SSSR count). The van der Waals surface area contributed by atoms with E-state index in [1.807, 2.05) is 6.07 Å². The third-order valence-corrected chi connectivity index (χ3v) is 5.72. The number of carbonyl (C=O) groups excluding carboxylic acids is 1. The molecule has 2 unspecified atom stereocenters. The molecular weight excluding hydrogens is 290 g/mol. The lowest BCUT2D eigenvalue weighted by molar-refractivity contribution is 0.0945. The number of nitrogens with zero attached hydrogens (tertiary/aromatic N) is 1. The zero-order valence-corrected chi connectivity index (χ0v) is 13.7. The van der Waals surface area contributed by atoms with Gasteiger partial charge in [0, 0.05) is 37.2 Å². The van der Waals surface area contributed by atoms with Crippen molar-refractivity contribution < 1.29 is 9.53 Å². The van der Waals surface area contributed by atoms with E-state index in [9.17, 15) is 4.79 Å². The fraction of sp³-hybridized carbons (Fsp3) is 0.611. The molecule has 3 aliphatic rings. The zero-order chi connectivity index (χ0) is 16.0. The van der Waals surface area contributed by atoms with Gasteiger partial charge in [-0.2, -0.15) is 0 Å². The summed E-state index contributed by atoms with van der Waals surface area (Å²) in [6, 6.07) is 3.60. The molecule has 124 valence electrons. The Hall–Kier alpha value is -1.75. The number of benzene rings is 1. The predicted molar refractivity (Wildman–Crippen MR) is 89.6 cm³/mol. The number of ether oxygens (including phenoxy) is 1.